The van der Waals surface area contributed by atoms with Crippen LogP contribution in [-0.2, 0) is 0 Å². The van der Waals surface area contributed by atoms with E-state index >= 15 is 0 Å². The van der Waals surface area contributed by atoms with Gasteiger partial charge in [0.05, 0.1) is 16.5 Å². The van der Waals surface area contributed by atoms with Gasteiger partial charge < -0.3 is 5.32 Å². The lowest BCUT2D eigenvalue weighted by atomic mass is 9.78. The fourth-order valence-corrected chi connectivity index (χ4v) is 4.18. The molecule has 0 spiro atoms. The van der Waals surface area contributed by atoms with E-state index in [1.165, 1.54) is 10.8 Å². The number of pyridine rings is 1. The Balaban J connectivity index is 1.78. The van der Waals surface area contributed by atoms with Crippen molar-refractivity contribution in [3.63, 3.8) is 0 Å². The van der Waals surface area contributed by atoms with Gasteiger partial charge in [-0.05, 0) is 48.6 Å². The molecule has 0 radical (unpaired) electrons. The number of rotatable bonds is 2. The van der Waals surface area contributed by atoms with Crippen LogP contribution in [0.5, 0.6) is 0 Å². The minimum atomic E-state index is -0.207. The first-order valence-electron chi connectivity index (χ1n) is 9.37. The van der Waals surface area contributed by atoms with E-state index in [4.69, 9.17) is 11.6 Å². The second-order valence-electron chi connectivity index (χ2n) is 7.54. The molecule has 0 saturated heterocycles. The van der Waals surface area contributed by atoms with Gasteiger partial charge in [0.2, 0.25) is 0 Å². The molecular weight excluding hydrogens is 362 g/mol. The summed E-state index contributed by atoms with van der Waals surface area (Å²) in [6, 6.07) is 8.55. The van der Waals surface area contributed by atoms with E-state index in [0.717, 1.165) is 12.8 Å². The van der Waals surface area contributed by atoms with Crippen molar-refractivity contribution in [1.82, 2.24) is 14.7 Å². The highest BCUT2D eigenvalue weighted by Crippen LogP contribution is 2.29. The van der Waals surface area contributed by atoms with Crippen molar-refractivity contribution in [2.45, 2.75) is 39.2 Å². The number of fused-ring (bicyclic) bond motifs is 2. The van der Waals surface area contributed by atoms with Gasteiger partial charge in [0, 0.05) is 17.3 Å². The summed E-state index contributed by atoms with van der Waals surface area (Å²) in [5, 5.41) is 4.15. The molecule has 1 amide bonds. The second kappa shape index (κ2) is 6.97. The van der Waals surface area contributed by atoms with Gasteiger partial charge in [-0.2, -0.15) is 0 Å². The molecule has 6 heteroatoms. The maximum absolute atomic E-state index is 13.0. The van der Waals surface area contributed by atoms with Gasteiger partial charge in [-0.1, -0.05) is 38.3 Å². The van der Waals surface area contributed by atoms with Crippen molar-refractivity contribution >= 4 is 34.1 Å². The highest BCUT2D eigenvalue weighted by atomic mass is 35.5. The quantitative estimate of drug-likeness (QED) is 0.679. The largest absolute Gasteiger partial charge is 0.349 e. The van der Waals surface area contributed by atoms with Gasteiger partial charge in [-0.25, -0.2) is 4.98 Å². The van der Waals surface area contributed by atoms with Gasteiger partial charge in [0.15, 0.2) is 5.65 Å². The standard InChI is InChI=1S/C21H22ClN3O2/c1-12-5-3-7-17(13(12)2)24-20(26)16-6-4-10-25-19(16)23-18-11-14(22)8-9-15(18)21(25)27/h4,6,8-13,17H,3,5,7H2,1-2H3,(H,24,26). The number of carbonyl (C=O) groups excluding carboxylic acids is 1. The highest BCUT2D eigenvalue weighted by molar-refractivity contribution is 6.31. The number of aromatic nitrogens is 2. The van der Waals surface area contributed by atoms with Gasteiger partial charge in [0.25, 0.3) is 11.5 Å². The molecule has 0 bridgehead atoms. The lowest BCUT2D eigenvalue weighted by molar-refractivity contribution is 0.0892. The third kappa shape index (κ3) is 3.21. The smallest absolute Gasteiger partial charge is 0.265 e. The third-order valence-corrected chi connectivity index (χ3v) is 6.11. The van der Waals surface area contributed by atoms with Crippen LogP contribution >= 0.6 is 11.6 Å². The molecule has 1 aliphatic rings. The first kappa shape index (κ1) is 18.0. The summed E-state index contributed by atoms with van der Waals surface area (Å²) in [6.45, 7) is 4.42. The normalized spacial score (nSPS) is 22.9. The molecule has 140 valence electrons. The molecule has 1 N–H and O–H groups in total. The predicted molar refractivity (Wildman–Crippen MR) is 107 cm³/mol. The zero-order valence-electron chi connectivity index (χ0n) is 15.4. The van der Waals surface area contributed by atoms with Crippen LogP contribution in [0.1, 0.15) is 43.5 Å². The van der Waals surface area contributed by atoms with Crippen LogP contribution in [0.15, 0.2) is 41.3 Å². The zero-order valence-corrected chi connectivity index (χ0v) is 16.2. The van der Waals surface area contributed by atoms with Crippen molar-refractivity contribution in [2.75, 3.05) is 0 Å². The van der Waals surface area contributed by atoms with Crippen LogP contribution in [0, 0.1) is 11.8 Å². The summed E-state index contributed by atoms with van der Waals surface area (Å²) < 4.78 is 1.43. The molecule has 3 unspecified atom stereocenters. The first-order chi connectivity index (χ1) is 13.0. The van der Waals surface area contributed by atoms with Gasteiger partial charge in [-0.15, -0.1) is 0 Å². The Morgan fingerprint density at radius 2 is 2.07 bits per heavy atom. The predicted octanol–water partition coefficient (Wildman–Crippen LogP) is 4.06. The molecular formula is C21H22ClN3O2. The minimum absolute atomic E-state index is 0.142. The highest BCUT2D eigenvalue weighted by Gasteiger charge is 2.29. The number of hydrogen-bond acceptors (Lipinski definition) is 3. The molecule has 3 aromatic rings. The molecule has 1 saturated carbocycles. The Morgan fingerprint density at radius 3 is 2.89 bits per heavy atom. The number of carbonyl (C=O) groups is 1. The van der Waals surface area contributed by atoms with E-state index < -0.39 is 0 Å². The van der Waals surface area contributed by atoms with Crippen molar-refractivity contribution in [3.8, 4) is 0 Å². The minimum Gasteiger partial charge on any atom is -0.349 e. The van der Waals surface area contributed by atoms with Crippen LogP contribution in [0.2, 0.25) is 5.02 Å². The zero-order chi connectivity index (χ0) is 19.1. The van der Waals surface area contributed by atoms with Gasteiger partial charge in [0.1, 0.15) is 0 Å². The van der Waals surface area contributed by atoms with E-state index in [1.807, 2.05) is 0 Å². The average molecular weight is 384 g/mol. The molecule has 27 heavy (non-hydrogen) atoms. The van der Waals surface area contributed by atoms with E-state index in [2.05, 4.69) is 24.1 Å². The van der Waals surface area contributed by atoms with Crippen LogP contribution in [0.3, 0.4) is 0 Å². The molecule has 3 atom stereocenters. The molecule has 0 aliphatic heterocycles. The number of benzene rings is 1. The number of amides is 1. The maximum atomic E-state index is 13.0. The summed E-state index contributed by atoms with van der Waals surface area (Å²) in [5.41, 5.74) is 1.04. The monoisotopic (exact) mass is 383 g/mol. The Morgan fingerprint density at radius 1 is 1.26 bits per heavy atom. The molecule has 1 aliphatic carbocycles. The Labute approximate surface area is 162 Å². The number of nitrogens with zero attached hydrogens (tertiary/aromatic N) is 2. The topological polar surface area (TPSA) is 63.5 Å². The first-order valence-corrected chi connectivity index (χ1v) is 9.75. The van der Waals surface area contributed by atoms with Crippen LogP contribution in [0.25, 0.3) is 16.6 Å². The molecule has 1 aromatic carbocycles. The van der Waals surface area contributed by atoms with Crippen LogP contribution in [-0.4, -0.2) is 21.3 Å². The summed E-state index contributed by atoms with van der Waals surface area (Å²) in [6.07, 6.45) is 4.94. The van der Waals surface area contributed by atoms with E-state index in [-0.39, 0.29) is 17.5 Å². The summed E-state index contributed by atoms with van der Waals surface area (Å²) >= 11 is 6.05. The number of nitrogens with one attached hydrogen (secondary N) is 1. The third-order valence-electron chi connectivity index (χ3n) is 5.87. The Hall–Kier alpha value is -2.40. The Kier molecular flexibility index (Phi) is 4.64. The lowest BCUT2D eigenvalue weighted by Gasteiger charge is -2.34. The van der Waals surface area contributed by atoms with Crippen LogP contribution < -0.4 is 10.9 Å². The molecule has 4 rings (SSSR count). The molecule has 1 fully saturated rings. The molecule has 5 nitrogen and oxygen atoms in total. The summed E-state index contributed by atoms with van der Waals surface area (Å²) in [4.78, 5) is 30.4. The van der Waals surface area contributed by atoms with E-state index in [0.29, 0.717) is 39.0 Å². The summed E-state index contributed by atoms with van der Waals surface area (Å²) in [5.74, 6) is 0.823. The summed E-state index contributed by atoms with van der Waals surface area (Å²) in [7, 11) is 0. The average Bonchev–Trinajstić information content (AvgIpc) is 2.65. The maximum Gasteiger partial charge on any atom is 0.265 e. The second-order valence-corrected chi connectivity index (χ2v) is 7.98. The van der Waals surface area contributed by atoms with E-state index in [9.17, 15) is 9.59 Å². The van der Waals surface area contributed by atoms with Gasteiger partial charge in [-0.3, -0.25) is 14.0 Å². The van der Waals surface area contributed by atoms with Crippen LogP contribution in [0.4, 0.5) is 0 Å². The van der Waals surface area contributed by atoms with Crippen molar-refractivity contribution in [3.05, 3.63) is 57.5 Å². The fraction of sp³-hybridized carbons (Fsp3) is 0.381. The Bertz CT molecular complexity index is 1090. The van der Waals surface area contributed by atoms with E-state index in [1.54, 1.807) is 36.5 Å². The van der Waals surface area contributed by atoms with Crippen molar-refractivity contribution in [2.24, 2.45) is 11.8 Å². The van der Waals surface area contributed by atoms with Crippen molar-refractivity contribution in [1.29, 1.82) is 0 Å². The number of hydrogen-bond donors (Lipinski definition) is 1. The SMILES string of the molecule is CC1CCCC(NC(=O)c2cccn3c(=O)c4ccc(Cl)cc4nc23)C1C. The number of halogens is 1. The fourth-order valence-electron chi connectivity index (χ4n) is 4.01. The van der Waals surface area contributed by atoms with Gasteiger partial charge >= 0.3 is 0 Å². The molecule has 2 aromatic heterocycles. The van der Waals surface area contributed by atoms with Crippen molar-refractivity contribution < 1.29 is 4.79 Å². The molecule has 2 heterocycles. The lowest BCUT2D eigenvalue weighted by Crippen LogP contribution is -2.43.